The van der Waals surface area contributed by atoms with Gasteiger partial charge in [0, 0.05) is 12.8 Å². The number of aromatic nitrogens is 2. The van der Waals surface area contributed by atoms with E-state index in [9.17, 15) is 0 Å². The number of aryl methyl sites for hydroxylation is 1. The lowest BCUT2D eigenvalue weighted by molar-refractivity contribution is 0.00844. The molecule has 0 bridgehead atoms. The van der Waals surface area contributed by atoms with Crippen LogP contribution in [-0.2, 0) is 4.74 Å². The summed E-state index contributed by atoms with van der Waals surface area (Å²) in [5, 5.41) is 0. The number of rotatable bonds is 2. The number of nitrogens with zero attached hydrogens (tertiary/aromatic N) is 1. The molecule has 0 radical (unpaired) electrons. The predicted molar refractivity (Wildman–Crippen MR) is 71.1 cm³/mol. The standard InChI is InChI=1S/C11H17BrN2OS/c1-6-7(12)10(16)14-9(13-6)8(15-5)11(2,3)4/h8H,1-5H3,(H,13,14,16). The fourth-order valence-corrected chi connectivity index (χ4v) is 2.03. The highest BCUT2D eigenvalue weighted by Gasteiger charge is 2.28. The van der Waals surface area contributed by atoms with Crippen molar-refractivity contribution in [2.75, 3.05) is 7.11 Å². The molecular formula is C11H17BrN2OS. The number of hydrogen-bond acceptors (Lipinski definition) is 3. The van der Waals surface area contributed by atoms with E-state index in [1.807, 2.05) is 6.92 Å². The van der Waals surface area contributed by atoms with E-state index < -0.39 is 0 Å². The van der Waals surface area contributed by atoms with Crippen molar-refractivity contribution < 1.29 is 4.74 Å². The normalized spacial score (nSPS) is 13.9. The van der Waals surface area contributed by atoms with Gasteiger partial charge in [0.1, 0.15) is 16.6 Å². The zero-order valence-electron chi connectivity index (χ0n) is 10.2. The molecule has 3 nitrogen and oxygen atoms in total. The number of aromatic amines is 1. The zero-order valence-corrected chi connectivity index (χ0v) is 12.6. The largest absolute Gasteiger partial charge is 0.373 e. The number of H-pyrrole nitrogens is 1. The van der Waals surface area contributed by atoms with Gasteiger partial charge in [-0.15, -0.1) is 0 Å². The summed E-state index contributed by atoms with van der Waals surface area (Å²) >= 11 is 8.58. The van der Waals surface area contributed by atoms with Crippen LogP contribution in [0.1, 0.15) is 38.4 Å². The van der Waals surface area contributed by atoms with Crippen molar-refractivity contribution in [2.45, 2.75) is 33.8 Å². The fraction of sp³-hybridized carbons (Fsp3) is 0.636. The summed E-state index contributed by atoms with van der Waals surface area (Å²) in [7, 11) is 1.69. The van der Waals surface area contributed by atoms with Crippen LogP contribution in [0.2, 0.25) is 0 Å². The van der Waals surface area contributed by atoms with Crippen LogP contribution in [0.25, 0.3) is 0 Å². The molecule has 1 heterocycles. The summed E-state index contributed by atoms with van der Waals surface area (Å²) in [5.74, 6) is 0.778. The Bertz CT molecular complexity index is 437. The van der Waals surface area contributed by atoms with Gasteiger partial charge in [0.05, 0.1) is 4.47 Å². The first-order valence-electron chi connectivity index (χ1n) is 5.06. The first kappa shape index (κ1) is 13.8. The van der Waals surface area contributed by atoms with Gasteiger partial charge in [-0.05, 0) is 28.3 Å². The van der Waals surface area contributed by atoms with Gasteiger partial charge in [0.15, 0.2) is 0 Å². The highest BCUT2D eigenvalue weighted by atomic mass is 79.9. The molecule has 0 aliphatic heterocycles. The number of ether oxygens (including phenoxy) is 1. The summed E-state index contributed by atoms with van der Waals surface area (Å²) in [4.78, 5) is 7.58. The van der Waals surface area contributed by atoms with E-state index in [1.165, 1.54) is 0 Å². The molecule has 0 saturated carbocycles. The highest BCUT2D eigenvalue weighted by Crippen LogP contribution is 2.34. The molecule has 0 spiro atoms. The Morgan fingerprint density at radius 2 is 2.00 bits per heavy atom. The van der Waals surface area contributed by atoms with Gasteiger partial charge in [-0.25, -0.2) is 4.98 Å². The first-order valence-corrected chi connectivity index (χ1v) is 6.26. The van der Waals surface area contributed by atoms with E-state index >= 15 is 0 Å². The molecule has 90 valence electrons. The molecule has 0 aliphatic carbocycles. The lowest BCUT2D eigenvalue weighted by atomic mass is 9.88. The van der Waals surface area contributed by atoms with E-state index in [2.05, 4.69) is 46.7 Å². The number of methoxy groups -OCH3 is 1. The Labute approximate surface area is 110 Å². The van der Waals surface area contributed by atoms with Crippen LogP contribution in [0.4, 0.5) is 0 Å². The molecule has 0 fully saturated rings. The second kappa shape index (κ2) is 4.94. The van der Waals surface area contributed by atoms with Crippen molar-refractivity contribution in [3.63, 3.8) is 0 Å². The van der Waals surface area contributed by atoms with E-state index in [0.717, 1.165) is 16.0 Å². The van der Waals surface area contributed by atoms with Gasteiger partial charge in [-0.1, -0.05) is 33.0 Å². The molecule has 16 heavy (non-hydrogen) atoms. The maximum atomic E-state index is 5.50. The average Bonchev–Trinajstić information content (AvgIpc) is 2.12. The van der Waals surface area contributed by atoms with E-state index in [1.54, 1.807) is 7.11 Å². The van der Waals surface area contributed by atoms with Gasteiger partial charge < -0.3 is 9.72 Å². The molecule has 1 aromatic rings. The Morgan fingerprint density at radius 3 is 2.38 bits per heavy atom. The maximum Gasteiger partial charge on any atom is 0.144 e. The van der Waals surface area contributed by atoms with Gasteiger partial charge >= 0.3 is 0 Å². The van der Waals surface area contributed by atoms with E-state index in [-0.39, 0.29) is 11.5 Å². The minimum absolute atomic E-state index is 0.0275. The summed E-state index contributed by atoms with van der Waals surface area (Å²) < 4.78 is 6.91. The predicted octanol–water partition coefficient (Wildman–Crippen LogP) is 3.94. The summed E-state index contributed by atoms with van der Waals surface area (Å²) in [6.45, 7) is 8.28. The molecule has 0 aliphatic rings. The SMILES string of the molecule is COC(c1nc(=S)c(Br)c(C)[nH]1)C(C)(C)C. The van der Waals surface area contributed by atoms with Crippen LogP contribution < -0.4 is 0 Å². The van der Waals surface area contributed by atoms with Crippen LogP contribution in [0.15, 0.2) is 4.47 Å². The van der Waals surface area contributed by atoms with Crippen LogP contribution in [0.5, 0.6) is 0 Å². The summed E-state index contributed by atoms with van der Waals surface area (Å²) in [6.07, 6.45) is -0.0963. The minimum atomic E-state index is -0.0963. The molecule has 1 aromatic heterocycles. The van der Waals surface area contributed by atoms with Crippen LogP contribution in [-0.4, -0.2) is 17.1 Å². The third-order valence-electron chi connectivity index (χ3n) is 2.33. The first-order chi connectivity index (χ1) is 7.27. The molecule has 1 unspecified atom stereocenters. The molecule has 1 atom stereocenters. The van der Waals surface area contributed by atoms with E-state index in [4.69, 9.17) is 17.0 Å². The topological polar surface area (TPSA) is 37.9 Å². The molecule has 1 N–H and O–H groups in total. The molecular weight excluding hydrogens is 288 g/mol. The molecule has 1 rings (SSSR count). The van der Waals surface area contributed by atoms with Crippen LogP contribution in [0, 0.1) is 17.0 Å². The third-order valence-corrected chi connectivity index (χ3v) is 3.85. The Kier molecular flexibility index (Phi) is 4.26. The van der Waals surface area contributed by atoms with Crippen molar-refractivity contribution >= 4 is 28.1 Å². The second-order valence-corrected chi connectivity index (χ2v) is 6.03. The smallest absolute Gasteiger partial charge is 0.144 e. The number of halogens is 1. The van der Waals surface area contributed by atoms with Gasteiger partial charge in [-0.3, -0.25) is 0 Å². The Hall–Kier alpha value is -0.260. The van der Waals surface area contributed by atoms with Crippen molar-refractivity contribution in [3.05, 3.63) is 20.6 Å². The third kappa shape index (κ3) is 2.90. The minimum Gasteiger partial charge on any atom is -0.373 e. The molecule has 5 heteroatoms. The molecule has 0 saturated heterocycles. The number of nitrogens with one attached hydrogen (secondary N) is 1. The monoisotopic (exact) mass is 304 g/mol. The van der Waals surface area contributed by atoms with E-state index in [0.29, 0.717) is 4.64 Å². The van der Waals surface area contributed by atoms with Crippen LogP contribution >= 0.6 is 28.1 Å². The lowest BCUT2D eigenvalue weighted by Gasteiger charge is -2.28. The Balaban J connectivity index is 3.28. The maximum absolute atomic E-state index is 5.50. The van der Waals surface area contributed by atoms with Crippen molar-refractivity contribution in [3.8, 4) is 0 Å². The van der Waals surface area contributed by atoms with Crippen LogP contribution in [0.3, 0.4) is 0 Å². The van der Waals surface area contributed by atoms with Crippen molar-refractivity contribution in [1.82, 2.24) is 9.97 Å². The second-order valence-electron chi connectivity index (χ2n) is 4.85. The summed E-state index contributed by atoms with van der Waals surface area (Å²) in [5.41, 5.74) is 0.946. The average molecular weight is 305 g/mol. The van der Waals surface area contributed by atoms with Gasteiger partial charge in [0.2, 0.25) is 0 Å². The van der Waals surface area contributed by atoms with Crippen molar-refractivity contribution in [1.29, 1.82) is 0 Å². The highest BCUT2D eigenvalue weighted by molar-refractivity contribution is 9.10. The summed E-state index contributed by atoms with van der Waals surface area (Å²) in [6, 6.07) is 0. The Morgan fingerprint density at radius 1 is 1.44 bits per heavy atom. The number of hydrogen-bond donors (Lipinski definition) is 1. The zero-order chi connectivity index (χ0) is 12.5. The molecule has 0 aromatic carbocycles. The fourth-order valence-electron chi connectivity index (χ4n) is 1.59. The van der Waals surface area contributed by atoms with Gasteiger partial charge in [-0.2, -0.15) is 0 Å². The molecule has 0 amide bonds. The quantitative estimate of drug-likeness (QED) is 0.841. The van der Waals surface area contributed by atoms with Crippen molar-refractivity contribution in [2.24, 2.45) is 5.41 Å². The lowest BCUT2D eigenvalue weighted by Crippen LogP contribution is -2.22. The van der Waals surface area contributed by atoms with Gasteiger partial charge in [0.25, 0.3) is 0 Å².